The molecule has 0 aromatic heterocycles. The summed E-state index contributed by atoms with van der Waals surface area (Å²) in [6.07, 6.45) is 2.25. The highest BCUT2D eigenvalue weighted by Crippen LogP contribution is 2.21. The number of likely N-dealkylation sites (N-methyl/N-ethyl adjacent to an activating group) is 2. The van der Waals surface area contributed by atoms with E-state index in [1.807, 2.05) is 87.7 Å². The number of cyclic esters (lactones) is 1. The normalized spacial score (nSPS) is 25.9. The van der Waals surface area contributed by atoms with E-state index in [4.69, 9.17) is 4.74 Å². The summed E-state index contributed by atoms with van der Waals surface area (Å²) in [5.74, 6) is -5.11. The minimum Gasteiger partial charge on any atom is -0.452 e. The number of nitrogens with zero attached hydrogens (tertiary/aromatic N) is 2. The van der Waals surface area contributed by atoms with E-state index in [2.05, 4.69) is 21.3 Å². The molecule has 14 nitrogen and oxygen atoms in total. The van der Waals surface area contributed by atoms with Crippen LogP contribution in [0.1, 0.15) is 85.3 Å². The molecule has 0 saturated carbocycles. The Kier molecular flexibility index (Phi) is 20.3. The van der Waals surface area contributed by atoms with Gasteiger partial charge in [-0.15, -0.1) is 0 Å². The Bertz CT molecular complexity index is 1780. The van der Waals surface area contributed by atoms with Crippen molar-refractivity contribution >= 4 is 53.2 Å². The van der Waals surface area contributed by atoms with Gasteiger partial charge in [0, 0.05) is 33.0 Å². The van der Waals surface area contributed by atoms with Gasteiger partial charge in [-0.2, -0.15) is 11.8 Å². The molecule has 0 radical (unpaired) electrons. The quantitative estimate of drug-likeness (QED) is 0.230. The summed E-state index contributed by atoms with van der Waals surface area (Å²) in [6.45, 7) is 12.4. The van der Waals surface area contributed by atoms with Crippen molar-refractivity contribution in [2.24, 2.45) is 17.8 Å². The van der Waals surface area contributed by atoms with Gasteiger partial charge in [-0.1, -0.05) is 102 Å². The summed E-state index contributed by atoms with van der Waals surface area (Å²) < 4.78 is 5.95. The fourth-order valence-electron chi connectivity index (χ4n) is 7.29. The monoisotopic (exact) mass is 864 g/mol. The van der Waals surface area contributed by atoms with E-state index in [-0.39, 0.29) is 31.6 Å². The summed E-state index contributed by atoms with van der Waals surface area (Å²) in [6, 6.07) is 12.2. The molecule has 1 aliphatic heterocycles. The van der Waals surface area contributed by atoms with Crippen LogP contribution in [-0.2, 0) is 51.1 Å². The average molecular weight is 865 g/mol. The van der Waals surface area contributed by atoms with E-state index >= 15 is 0 Å². The lowest BCUT2D eigenvalue weighted by Crippen LogP contribution is -2.60. The SMILES string of the molecule is CCCC1NC(=O)[C@H](C)NC(=O)C(CC(C)C)N(C)C(=O)[C@H](Cc2ccccc2)NC(=O)[C@H](CCSC)NC(=O)C(Cc2ccccc2)N(C)C(=O)[C@@H](C(C)C)OC(=O)[C@@H]1C. The van der Waals surface area contributed by atoms with Gasteiger partial charge in [-0.05, 0) is 68.1 Å². The standard InChI is InChI=1S/C46H68N6O8S/c1-11-18-34-30(6)46(59)60-39(29(4)5)45(58)52(9)38(27-33-21-16-13-17-22-33)43(56)49-35(23-24-61-10)41(54)50-36(26-32-19-14-12-15-20-32)44(57)51(8)37(25-28(2)3)42(55)47-31(7)40(53)48-34/h12-17,19-22,28-31,34-39H,11,18,23-27H2,1-10H3,(H,47,55)(H,48,53)(H,49,56)(H,50,54)/t30-,31+,34?,35+,36+,37?,38?,39-/m1/s1. The van der Waals surface area contributed by atoms with Gasteiger partial charge in [0.1, 0.15) is 30.2 Å². The second-order valence-electron chi connectivity index (χ2n) is 16.9. The first kappa shape index (κ1) is 50.4. The van der Waals surface area contributed by atoms with Gasteiger partial charge in [0.05, 0.1) is 5.92 Å². The zero-order chi connectivity index (χ0) is 45.4. The highest BCUT2D eigenvalue weighted by molar-refractivity contribution is 7.98. The predicted octanol–water partition coefficient (Wildman–Crippen LogP) is 3.90. The molecule has 1 aliphatic rings. The molecular weight excluding hydrogens is 797 g/mol. The Morgan fingerprint density at radius 1 is 0.656 bits per heavy atom. The lowest BCUT2D eigenvalue weighted by molar-refractivity contribution is -0.168. The van der Waals surface area contributed by atoms with Crippen LogP contribution in [0.3, 0.4) is 0 Å². The fourth-order valence-corrected chi connectivity index (χ4v) is 7.76. The van der Waals surface area contributed by atoms with Crippen LogP contribution >= 0.6 is 11.8 Å². The molecule has 1 heterocycles. The van der Waals surface area contributed by atoms with Crippen LogP contribution in [0, 0.1) is 17.8 Å². The van der Waals surface area contributed by atoms with Gasteiger partial charge >= 0.3 is 5.97 Å². The van der Waals surface area contributed by atoms with E-state index in [1.54, 1.807) is 20.8 Å². The fraction of sp³-hybridized carbons (Fsp3) is 0.587. The lowest BCUT2D eigenvalue weighted by Gasteiger charge is -2.35. The number of rotatable bonds is 12. The number of hydrogen-bond donors (Lipinski definition) is 4. The van der Waals surface area contributed by atoms with Crippen molar-refractivity contribution in [1.82, 2.24) is 31.1 Å². The van der Waals surface area contributed by atoms with E-state index in [0.29, 0.717) is 18.6 Å². The number of amides is 6. The van der Waals surface area contributed by atoms with Gasteiger partial charge in [-0.25, -0.2) is 0 Å². The Balaban J connectivity index is 2.20. The smallest absolute Gasteiger partial charge is 0.311 e. The number of carbonyl (C=O) groups excluding carboxylic acids is 7. The van der Waals surface area contributed by atoms with Crippen LogP contribution in [0.4, 0.5) is 0 Å². The van der Waals surface area contributed by atoms with E-state index in [9.17, 15) is 33.6 Å². The average Bonchev–Trinajstić information content (AvgIpc) is 3.23. The van der Waals surface area contributed by atoms with Crippen molar-refractivity contribution in [1.29, 1.82) is 0 Å². The summed E-state index contributed by atoms with van der Waals surface area (Å²) in [5, 5.41) is 11.5. The molecule has 3 unspecified atom stereocenters. The maximum absolute atomic E-state index is 14.6. The summed E-state index contributed by atoms with van der Waals surface area (Å²) >= 11 is 1.48. The van der Waals surface area contributed by atoms with E-state index < -0.39 is 95.6 Å². The number of thioether (sulfide) groups is 1. The van der Waals surface area contributed by atoms with Gasteiger partial charge in [0.25, 0.3) is 5.91 Å². The Hall–Kier alpha value is -4.92. The third kappa shape index (κ3) is 14.9. The van der Waals surface area contributed by atoms with Crippen LogP contribution in [0.25, 0.3) is 0 Å². The molecule has 0 spiro atoms. The van der Waals surface area contributed by atoms with Crippen molar-refractivity contribution in [2.75, 3.05) is 26.1 Å². The zero-order valence-electron chi connectivity index (χ0n) is 37.6. The highest BCUT2D eigenvalue weighted by Gasteiger charge is 2.40. The van der Waals surface area contributed by atoms with Crippen LogP contribution in [0.2, 0.25) is 0 Å². The van der Waals surface area contributed by atoms with Crippen molar-refractivity contribution in [2.45, 2.75) is 129 Å². The third-order valence-electron chi connectivity index (χ3n) is 11.1. The molecule has 0 bridgehead atoms. The molecule has 1 fully saturated rings. The molecule has 61 heavy (non-hydrogen) atoms. The second-order valence-corrected chi connectivity index (χ2v) is 17.9. The molecule has 2 aromatic rings. The maximum Gasteiger partial charge on any atom is 0.311 e. The van der Waals surface area contributed by atoms with E-state index in [1.165, 1.54) is 42.6 Å². The minimum absolute atomic E-state index is 0.0358. The predicted molar refractivity (Wildman–Crippen MR) is 238 cm³/mol. The molecule has 4 N–H and O–H groups in total. The second kappa shape index (κ2) is 24.5. The van der Waals surface area contributed by atoms with Gasteiger partial charge < -0.3 is 35.8 Å². The Morgan fingerprint density at radius 2 is 1.20 bits per heavy atom. The number of carbonyl (C=O) groups is 7. The maximum atomic E-state index is 14.6. The third-order valence-corrected chi connectivity index (χ3v) is 11.7. The largest absolute Gasteiger partial charge is 0.452 e. The summed E-state index contributed by atoms with van der Waals surface area (Å²) in [7, 11) is 2.98. The molecule has 336 valence electrons. The van der Waals surface area contributed by atoms with Crippen molar-refractivity contribution in [3.63, 3.8) is 0 Å². The minimum atomic E-state index is -1.28. The molecule has 2 aromatic carbocycles. The van der Waals surface area contributed by atoms with Crippen LogP contribution in [0.5, 0.6) is 0 Å². The molecule has 0 aliphatic carbocycles. The first-order valence-corrected chi connectivity index (χ1v) is 22.8. The van der Waals surface area contributed by atoms with Gasteiger partial charge in [-0.3, -0.25) is 33.6 Å². The number of hydrogen-bond acceptors (Lipinski definition) is 9. The molecule has 3 rings (SSSR count). The van der Waals surface area contributed by atoms with Crippen molar-refractivity contribution in [3.05, 3.63) is 71.8 Å². The zero-order valence-corrected chi connectivity index (χ0v) is 38.4. The number of ether oxygens (including phenoxy) is 1. The Morgan fingerprint density at radius 3 is 1.74 bits per heavy atom. The van der Waals surface area contributed by atoms with Crippen LogP contribution in [0.15, 0.2) is 60.7 Å². The first-order chi connectivity index (χ1) is 28.9. The molecule has 8 atom stereocenters. The highest BCUT2D eigenvalue weighted by atomic mass is 32.2. The summed E-state index contributed by atoms with van der Waals surface area (Å²) in [5.41, 5.74) is 1.51. The number of benzene rings is 2. The van der Waals surface area contributed by atoms with Gasteiger partial charge in [0.2, 0.25) is 29.5 Å². The van der Waals surface area contributed by atoms with Crippen molar-refractivity contribution in [3.8, 4) is 0 Å². The molecule has 6 amide bonds. The molecule has 15 heteroatoms. The lowest BCUT2D eigenvalue weighted by atomic mass is 9.96. The van der Waals surface area contributed by atoms with Crippen LogP contribution in [-0.4, -0.2) is 120 Å². The molecule has 1 saturated heterocycles. The van der Waals surface area contributed by atoms with Gasteiger partial charge in [0.15, 0.2) is 6.10 Å². The summed E-state index contributed by atoms with van der Waals surface area (Å²) in [4.78, 5) is 102. The van der Waals surface area contributed by atoms with E-state index in [0.717, 1.165) is 11.1 Å². The molecular formula is C46H68N6O8S. The Labute approximate surface area is 366 Å². The number of esters is 1. The first-order valence-electron chi connectivity index (χ1n) is 21.4. The van der Waals surface area contributed by atoms with Crippen molar-refractivity contribution < 1.29 is 38.3 Å². The number of nitrogens with one attached hydrogen (secondary N) is 4. The topological polar surface area (TPSA) is 183 Å². The van der Waals surface area contributed by atoms with Crippen LogP contribution < -0.4 is 21.3 Å².